The molecular weight excluding hydrogens is 357 g/mol. The number of piperidine rings is 1. The van der Waals surface area contributed by atoms with E-state index in [0.717, 1.165) is 25.3 Å². The summed E-state index contributed by atoms with van der Waals surface area (Å²) in [5.41, 5.74) is 0. The number of hydrogen-bond acceptors (Lipinski definition) is 4. The number of nitrogens with one attached hydrogen (secondary N) is 1. The van der Waals surface area contributed by atoms with E-state index in [1.54, 1.807) is 0 Å². The third kappa shape index (κ3) is 3.74. The van der Waals surface area contributed by atoms with E-state index in [-0.39, 0.29) is 29.1 Å². The monoisotopic (exact) mass is 387 g/mol. The topological polar surface area (TPSA) is 57.0 Å². The zero-order valence-electron chi connectivity index (χ0n) is 14.9. The fraction of sp³-hybridized carbons (Fsp3) is 1.00. The van der Waals surface area contributed by atoms with Crippen LogP contribution in [0.5, 0.6) is 0 Å². The summed E-state index contributed by atoms with van der Waals surface area (Å²) in [6.45, 7) is 0.721. The minimum atomic E-state index is -0.327. The Balaban J connectivity index is 1.51. The lowest BCUT2D eigenvalue weighted by atomic mass is 9.55. The van der Waals surface area contributed by atoms with Crippen LogP contribution >= 0.6 is 23.2 Å². The molecule has 4 nitrogen and oxygen atoms in total. The fourth-order valence-corrected chi connectivity index (χ4v) is 6.77. The van der Waals surface area contributed by atoms with Crippen molar-refractivity contribution >= 4 is 23.2 Å². The molecular formula is C19H31Cl2N3O. The SMILES string of the molecule is OC1C2CCCCC2C2CCCCC2C1N=NC1NCC(Cl)CC1Cl. The molecule has 1 aliphatic heterocycles. The van der Waals surface area contributed by atoms with Crippen LogP contribution in [0.4, 0.5) is 0 Å². The summed E-state index contributed by atoms with van der Waals surface area (Å²) in [4.78, 5) is 0. The van der Waals surface area contributed by atoms with Crippen molar-refractivity contribution in [3.05, 3.63) is 0 Å². The first kappa shape index (κ1) is 18.5. The molecule has 2 N–H and O–H groups in total. The van der Waals surface area contributed by atoms with Gasteiger partial charge in [-0.1, -0.05) is 25.7 Å². The first-order valence-electron chi connectivity index (χ1n) is 10.2. The van der Waals surface area contributed by atoms with E-state index in [4.69, 9.17) is 28.3 Å². The van der Waals surface area contributed by atoms with Crippen LogP contribution in [0.15, 0.2) is 10.2 Å². The molecule has 3 saturated carbocycles. The molecule has 4 aliphatic rings. The molecule has 0 aromatic heterocycles. The van der Waals surface area contributed by atoms with Gasteiger partial charge in [-0.2, -0.15) is 10.2 Å². The lowest BCUT2D eigenvalue weighted by Gasteiger charge is -2.52. The van der Waals surface area contributed by atoms with Crippen molar-refractivity contribution in [1.82, 2.24) is 5.32 Å². The highest BCUT2D eigenvalue weighted by molar-refractivity contribution is 6.24. The molecule has 4 fully saturated rings. The average molecular weight is 388 g/mol. The van der Waals surface area contributed by atoms with E-state index in [1.165, 1.54) is 44.9 Å². The molecule has 9 unspecified atom stereocenters. The average Bonchev–Trinajstić information content (AvgIpc) is 2.63. The number of halogens is 2. The molecule has 0 aromatic carbocycles. The smallest absolute Gasteiger partial charge is 0.137 e. The van der Waals surface area contributed by atoms with Gasteiger partial charge >= 0.3 is 0 Å². The molecule has 25 heavy (non-hydrogen) atoms. The quantitative estimate of drug-likeness (QED) is 0.547. The highest BCUT2D eigenvalue weighted by atomic mass is 35.5. The zero-order valence-corrected chi connectivity index (χ0v) is 16.4. The predicted molar refractivity (Wildman–Crippen MR) is 101 cm³/mol. The Morgan fingerprint density at radius 3 is 2.08 bits per heavy atom. The van der Waals surface area contributed by atoms with Crippen LogP contribution < -0.4 is 5.32 Å². The van der Waals surface area contributed by atoms with E-state index in [9.17, 15) is 5.11 Å². The molecule has 0 spiro atoms. The number of nitrogens with zero attached hydrogens (tertiary/aromatic N) is 2. The minimum absolute atomic E-state index is 0.0379. The number of alkyl halides is 2. The van der Waals surface area contributed by atoms with E-state index in [2.05, 4.69) is 10.4 Å². The number of rotatable bonds is 2. The van der Waals surface area contributed by atoms with Gasteiger partial charge in [-0.05, 0) is 55.8 Å². The van der Waals surface area contributed by atoms with Gasteiger partial charge in [-0.3, -0.25) is 5.32 Å². The lowest BCUT2D eigenvalue weighted by molar-refractivity contribution is -0.0804. The summed E-state index contributed by atoms with van der Waals surface area (Å²) in [5, 5.41) is 23.6. The first-order chi connectivity index (χ1) is 12.1. The Bertz CT molecular complexity index is 491. The van der Waals surface area contributed by atoms with Crippen molar-refractivity contribution < 1.29 is 5.11 Å². The van der Waals surface area contributed by atoms with Gasteiger partial charge in [0.15, 0.2) is 0 Å². The number of fused-ring (bicyclic) bond motifs is 3. The second kappa shape index (κ2) is 8.00. The minimum Gasteiger partial charge on any atom is -0.391 e. The third-order valence-corrected chi connectivity index (χ3v) is 7.97. The fourth-order valence-electron chi connectivity index (χ4n) is 6.04. The Hall–Kier alpha value is 0.1000. The van der Waals surface area contributed by atoms with E-state index < -0.39 is 0 Å². The van der Waals surface area contributed by atoms with Gasteiger partial charge in [0.25, 0.3) is 0 Å². The molecule has 1 saturated heterocycles. The van der Waals surface area contributed by atoms with E-state index >= 15 is 0 Å². The Labute approximate surface area is 161 Å². The number of aliphatic hydroxyl groups excluding tert-OH is 1. The largest absolute Gasteiger partial charge is 0.391 e. The molecule has 0 radical (unpaired) electrons. The standard InChI is InChI=1S/C19H31Cl2N3O/c20-11-9-16(21)19(22-10-11)24-23-17-14-7-3-1-5-12(14)13-6-2-4-8-15(13)18(17)25/h11-19,22,25H,1-10H2. The molecule has 6 heteroatoms. The van der Waals surface area contributed by atoms with Crippen molar-refractivity contribution in [3.63, 3.8) is 0 Å². The summed E-state index contributed by atoms with van der Waals surface area (Å²) < 4.78 is 0. The maximum atomic E-state index is 11.1. The van der Waals surface area contributed by atoms with Crippen LogP contribution in [-0.4, -0.2) is 40.7 Å². The van der Waals surface area contributed by atoms with Gasteiger partial charge in [-0.15, -0.1) is 23.2 Å². The van der Waals surface area contributed by atoms with Gasteiger partial charge in [0, 0.05) is 11.9 Å². The summed E-state index contributed by atoms with van der Waals surface area (Å²) in [6.07, 6.45) is 10.4. The summed E-state index contributed by atoms with van der Waals surface area (Å²) in [6, 6.07) is -0.0379. The summed E-state index contributed by atoms with van der Waals surface area (Å²) >= 11 is 12.6. The zero-order chi connectivity index (χ0) is 17.4. The summed E-state index contributed by atoms with van der Waals surface area (Å²) in [5.74, 6) is 2.39. The number of azo groups is 1. The second-order valence-electron chi connectivity index (χ2n) is 8.64. The molecule has 0 aromatic rings. The molecule has 3 aliphatic carbocycles. The van der Waals surface area contributed by atoms with Crippen molar-refractivity contribution in [2.45, 2.75) is 86.9 Å². The van der Waals surface area contributed by atoms with Gasteiger partial charge in [0.05, 0.1) is 11.5 Å². The maximum absolute atomic E-state index is 11.1. The van der Waals surface area contributed by atoms with Crippen molar-refractivity contribution in [3.8, 4) is 0 Å². The molecule has 0 bridgehead atoms. The van der Waals surface area contributed by atoms with Crippen molar-refractivity contribution in [2.24, 2.45) is 33.9 Å². The van der Waals surface area contributed by atoms with Crippen LogP contribution in [0, 0.1) is 23.7 Å². The summed E-state index contributed by atoms with van der Waals surface area (Å²) in [7, 11) is 0. The highest BCUT2D eigenvalue weighted by Gasteiger charge is 2.51. The second-order valence-corrected chi connectivity index (χ2v) is 9.82. The number of aliphatic hydroxyl groups is 1. The molecule has 1 heterocycles. The predicted octanol–water partition coefficient (Wildman–Crippen LogP) is 4.33. The molecule has 9 atom stereocenters. The first-order valence-corrected chi connectivity index (χ1v) is 11.1. The van der Waals surface area contributed by atoms with Crippen LogP contribution in [0.2, 0.25) is 0 Å². The van der Waals surface area contributed by atoms with Crippen LogP contribution in [0.1, 0.15) is 57.8 Å². The Kier molecular flexibility index (Phi) is 5.91. The van der Waals surface area contributed by atoms with Gasteiger partial charge in [-0.25, -0.2) is 0 Å². The molecule has 0 amide bonds. The Morgan fingerprint density at radius 1 is 0.800 bits per heavy atom. The lowest BCUT2D eigenvalue weighted by Crippen LogP contribution is -2.54. The van der Waals surface area contributed by atoms with Gasteiger partial charge in [0.1, 0.15) is 12.2 Å². The third-order valence-electron chi connectivity index (χ3n) is 7.22. The molecule has 142 valence electrons. The van der Waals surface area contributed by atoms with E-state index in [1.807, 2.05) is 0 Å². The normalized spacial score (nSPS) is 51.1. The van der Waals surface area contributed by atoms with Gasteiger partial charge < -0.3 is 5.11 Å². The van der Waals surface area contributed by atoms with Crippen molar-refractivity contribution in [1.29, 1.82) is 0 Å². The highest BCUT2D eigenvalue weighted by Crippen LogP contribution is 2.52. The van der Waals surface area contributed by atoms with Crippen molar-refractivity contribution in [2.75, 3.05) is 6.54 Å². The van der Waals surface area contributed by atoms with Crippen LogP contribution in [-0.2, 0) is 0 Å². The molecule has 4 rings (SSSR count). The Morgan fingerprint density at radius 2 is 1.40 bits per heavy atom. The number of hydrogen-bond donors (Lipinski definition) is 2. The van der Waals surface area contributed by atoms with Crippen LogP contribution in [0.3, 0.4) is 0 Å². The van der Waals surface area contributed by atoms with Crippen LogP contribution in [0.25, 0.3) is 0 Å². The maximum Gasteiger partial charge on any atom is 0.137 e. The van der Waals surface area contributed by atoms with E-state index in [0.29, 0.717) is 17.8 Å². The van der Waals surface area contributed by atoms with Gasteiger partial charge in [0.2, 0.25) is 0 Å².